The third-order valence-corrected chi connectivity index (χ3v) is 5.44. The Morgan fingerprint density at radius 3 is 2.33 bits per heavy atom. The lowest BCUT2D eigenvalue weighted by Gasteiger charge is -2.06. The number of aromatic nitrogens is 2. The van der Waals surface area contributed by atoms with Crippen molar-refractivity contribution < 1.29 is 0 Å². The predicted molar refractivity (Wildman–Crippen MR) is 94.1 cm³/mol. The van der Waals surface area contributed by atoms with E-state index in [1.165, 1.54) is 26.0 Å². The SMILES string of the molecule is Cc1cc(C)cc(-c2ncnc3c(C(C)C)c(Br)sc23)c1. The zero-order valence-electron chi connectivity index (χ0n) is 12.6. The Bertz CT molecular complexity index is 801. The van der Waals surface area contributed by atoms with Gasteiger partial charge in [0.25, 0.3) is 0 Å². The third kappa shape index (κ3) is 2.62. The van der Waals surface area contributed by atoms with E-state index in [2.05, 4.69) is 71.8 Å². The highest BCUT2D eigenvalue weighted by Crippen LogP contribution is 2.42. The van der Waals surface area contributed by atoms with E-state index in [-0.39, 0.29) is 0 Å². The number of halogens is 1. The molecule has 21 heavy (non-hydrogen) atoms. The van der Waals surface area contributed by atoms with Gasteiger partial charge in [0.1, 0.15) is 6.33 Å². The van der Waals surface area contributed by atoms with Crippen molar-refractivity contribution in [3.8, 4) is 11.3 Å². The molecule has 3 rings (SSSR count). The van der Waals surface area contributed by atoms with Crippen LogP contribution in [-0.2, 0) is 0 Å². The van der Waals surface area contributed by atoms with Gasteiger partial charge in [0.2, 0.25) is 0 Å². The average molecular weight is 361 g/mol. The minimum Gasteiger partial charge on any atom is -0.235 e. The highest BCUT2D eigenvalue weighted by molar-refractivity contribution is 9.11. The number of fused-ring (bicyclic) bond motifs is 1. The zero-order valence-corrected chi connectivity index (χ0v) is 15.0. The van der Waals surface area contributed by atoms with Crippen molar-refractivity contribution in [3.05, 3.63) is 45.0 Å². The molecule has 0 aliphatic heterocycles. The number of aryl methyl sites for hydroxylation is 2. The van der Waals surface area contributed by atoms with Gasteiger partial charge in [-0.25, -0.2) is 9.97 Å². The maximum absolute atomic E-state index is 4.55. The van der Waals surface area contributed by atoms with Gasteiger partial charge >= 0.3 is 0 Å². The van der Waals surface area contributed by atoms with Crippen LogP contribution in [0.5, 0.6) is 0 Å². The van der Waals surface area contributed by atoms with Crippen molar-refractivity contribution in [1.29, 1.82) is 0 Å². The molecule has 3 aromatic rings. The van der Waals surface area contributed by atoms with Gasteiger partial charge in [-0.05, 0) is 47.8 Å². The fourth-order valence-corrected chi connectivity index (χ4v) is 5.00. The van der Waals surface area contributed by atoms with Crippen LogP contribution in [0.1, 0.15) is 36.5 Å². The molecule has 2 heterocycles. The van der Waals surface area contributed by atoms with E-state index in [1.54, 1.807) is 17.7 Å². The quantitative estimate of drug-likeness (QED) is 0.571. The molecular formula is C17H17BrN2S. The minimum absolute atomic E-state index is 0.440. The van der Waals surface area contributed by atoms with Crippen LogP contribution >= 0.6 is 27.3 Å². The Kier molecular flexibility index (Phi) is 3.84. The molecule has 2 aromatic heterocycles. The van der Waals surface area contributed by atoms with E-state index in [9.17, 15) is 0 Å². The molecule has 0 unspecified atom stereocenters. The first kappa shape index (κ1) is 14.7. The summed E-state index contributed by atoms with van der Waals surface area (Å²) in [5.41, 5.74) is 7.08. The molecule has 0 N–H and O–H groups in total. The van der Waals surface area contributed by atoms with Crippen molar-refractivity contribution >= 4 is 37.5 Å². The zero-order chi connectivity index (χ0) is 15.1. The summed E-state index contributed by atoms with van der Waals surface area (Å²) in [7, 11) is 0. The standard InChI is InChI=1S/C17H17BrN2S/c1-9(2)13-15-16(21-17(13)18)14(19-8-20-15)12-6-10(3)5-11(4)7-12/h5-9H,1-4H3. The lowest BCUT2D eigenvalue weighted by Crippen LogP contribution is -1.91. The second kappa shape index (κ2) is 5.50. The van der Waals surface area contributed by atoms with E-state index in [0.717, 1.165) is 15.9 Å². The number of hydrogen-bond acceptors (Lipinski definition) is 3. The molecule has 0 aliphatic rings. The summed E-state index contributed by atoms with van der Waals surface area (Å²) < 4.78 is 2.33. The highest BCUT2D eigenvalue weighted by atomic mass is 79.9. The molecule has 0 saturated heterocycles. The van der Waals surface area contributed by atoms with Crippen LogP contribution in [-0.4, -0.2) is 9.97 Å². The van der Waals surface area contributed by atoms with Gasteiger partial charge in [0.05, 0.1) is 19.7 Å². The van der Waals surface area contributed by atoms with Gasteiger partial charge in [-0.2, -0.15) is 0 Å². The second-order valence-electron chi connectivity index (χ2n) is 5.72. The van der Waals surface area contributed by atoms with E-state index in [1.807, 2.05) is 0 Å². The van der Waals surface area contributed by atoms with E-state index in [4.69, 9.17) is 0 Å². The summed E-state index contributed by atoms with van der Waals surface area (Å²) in [6, 6.07) is 6.57. The van der Waals surface area contributed by atoms with E-state index in [0.29, 0.717) is 5.92 Å². The second-order valence-corrected chi connectivity index (χ2v) is 8.06. The van der Waals surface area contributed by atoms with Crippen molar-refractivity contribution in [2.45, 2.75) is 33.6 Å². The number of thiophene rings is 1. The van der Waals surface area contributed by atoms with Crippen LogP contribution in [0.15, 0.2) is 28.3 Å². The summed E-state index contributed by atoms with van der Waals surface area (Å²) in [6.45, 7) is 8.65. The van der Waals surface area contributed by atoms with Crippen molar-refractivity contribution in [2.75, 3.05) is 0 Å². The average Bonchev–Trinajstić information content (AvgIpc) is 2.73. The van der Waals surface area contributed by atoms with E-state index < -0.39 is 0 Å². The first-order chi connectivity index (χ1) is 9.97. The Hall–Kier alpha value is -1.26. The Balaban J connectivity index is 2.31. The molecule has 0 amide bonds. The molecule has 0 fully saturated rings. The van der Waals surface area contributed by atoms with Crippen LogP contribution < -0.4 is 0 Å². The molecule has 1 aromatic carbocycles. The van der Waals surface area contributed by atoms with Gasteiger partial charge in [-0.15, -0.1) is 11.3 Å². The largest absolute Gasteiger partial charge is 0.235 e. The van der Waals surface area contributed by atoms with Crippen LogP contribution in [0.3, 0.4) is 0 Å². The van der Waals surface area contributed by atoms with Crippen molar-refractivity contribution in [2.24, 2.45) is 0 Å². The van der Waals surface area contributed by atoms with Crippen LogP contribution in [0.25, 0.3) is 21.5 Å². The number of benzene rings is 1. The van der Waals surface area contributed by atoms with Crippen LogP contribution in [0, 0.1) is 13.8 Å². The van der Waals surface area contributed by atoms with Gasteiger partial charge in [0, 0.05) is 11.1 Å². The van der Waals surface area contributed by atoms with Crippen molar-refractivity contribution in [3.63, 3.8) is 0 Å². The molecule has 0 atom stereocenters. The first-order valence-electron chi connectivity index (χ1n) is 6.99. The fourth-order valence-electron chi connectivity index (χ4n) is 2.72. The maximum atomic E-state index is 4.55. The smallest absolute Gasteiger partial charge is 0.116 e. The molecule has 2 nitrogen and oxygen atoms in total. The summed E-state index contributed by atoms with van der Waals surface area (Å²) >= 11 is 5.43. The predicted octanol–water partition coefficient (Wildman–Crippen LogP) is 5.86. The summed E-state index contributed by atoms with van der Waals surface area (Å²) in [4.78, 5) is 9.08. The Labute approximate surface area is 137 Å². The summed E-state index contributed by atoms with van der Waals surface area (Å²) in [5.74, 6) is 0.440. The molecule has 4 heteroatoms. The van der Waals surface area contributed by atoms with Gasteiger partial charge in [-0.3, -0.25) is 0 Å². The van der Waals surface area contributed by atoms with Crippen LogP contribution in [0.2, 0.25) is 0 Å². The molecule has 0 aliphatic carbocycles. The summed E-state index contributed by atoms with van der Waals surface area (Å²) in [5, 5.41) is 0. The summed E-state index contributed by atoms with van der Waals surface area (Å²) in [6.07, 6.45) is 1.68. The normalized spacial score (nSPS) is 11.5. The minimum atomic E-state index is 0.440. The van der Waals surface area contributed by atoms with Gasteiger partial charge in [0.15, 0.2) is 0 Å². The van der Waals surface area contributed by atoms with Crippen molar-refractivity contribution in [1.82, 2.24) is 9.97 Å². The van der Waals surface area contributed by atoms with Gasteiger partial charge in [-0.1, -0.05) is 31.0 Å². The lowest BCUT2D eigenvalue weighted by molar-refractivity contribution is 0.872. The Morgan fingerprint density at radius 2 is 1.71 bits per heavy atom. The first-order valence-corrected chi connectivity index (χ1v) is 8.60. The topological polar surface area (TPSA) is 25.8 Å². The number of hydrogen-bond donors (Lipinski definition) is 0. The van der Waals surface area contributed by atoms with Crippen LogP contribution in [0.4, 0.5) is 0 Å². The monoisotopic (exact) mass is 360 g/mol. The fraction of sp³-hybridized carbons (Fsp3) is 0.294. The lowest BCUT2D eigenvalue weighted by atomic mass is 10.0. The maximum Gasteiger partial charge on any atom is 0.116 e. The molecule has 0 radical (unpaired) electrons. The highest BCUT2D eigenvalue weighted by Gasteiger charge is 2.18. The molecule has 0 bridgehead atoms. The molecule has 0 saturated carbocycles. The number of rotatable bonds is 2. The molecular weight excluding hydrogens is 344 g/mol. The Morgan fingerprint density at radius 1 is 1.05 bits per heavy atom. The van der Waals surface area contributed by atoms with Gasteiger partial charge < -0.3 is 0 Å². The third-order valence-electron chi connectivity index (χ3n) is 3.53. The molecule has 0 spiro atoms. The molecule has 108 valence electrons. The number of nitrogens with zero attached hydrogens (tertiary/aromatic N) is 2. The van der Waals surface area contributed by atoms with E-state index >= 15 is 0 Å².